The van der Waals surface area contributed by atoms with Crippen molar-refractivity contribution in [2.45, 2.75) is 0 Å². The SMILES string of the molecule is C[NH+]1C=C[N+]([C-]2C=Cc3c([n+](=c4cccc[cH-]4)[c-]4ccccc34)=C2)=C1.[I-]. The van der Waals surface area contributed by atoms with E-state index in [4.69, 9.17) is 0 Å². The minimum Gasteiger partial charge on any atom is -1.00 e. The molecule has 3 aromatic rings. The lowest BCUT2D eigenvalue weighted by Gasteiger charge is -2.09. The van der Waals surface area contributed by atoms with Gasteiger partial charge in [0.1, 0.15) is 23.1 Å². The summed E-state index contributed by atoms with van der Waals surface area (Å²) in [5.41, 5.74) is 2.52. The van der Waals surface area contributed by atoms with Crippen LogP contribution in [0.15, 0.2) is 73.1 Å². The molecule has 5 rings (SSSR count). The zero-order valence-electron chi connectivity index (χ0n) is 14.4. The molecule has 0 bridgehead atoms. The first kappa shape index (κ1) is 17.0. The van der Waals surface area contributed by atoms with Crippen LogP contribution in [0.25, 0.3) is 23.1 Å². The molecule has 2 aromatic carbocycles. The van der Waals surface area contributed by atoms with E-state index in [1.54, 1.807) is 0 Å². The Balaban J connectivity index is 0.00000168. The number of para-hydroxylation sites is 2. The van der Waals surface area contributed by atoms with Crippen molar-refractivity contribution in [1.29, 1.82) is 0 Å². The molecular weight excluding hydrogens is 433 g/mol. The summed E-state index contributed by atoms with van der Waals surface area (Å²) in [7, 11) is 2.12. The van der Waals surface area contributed by atoms with Gasteiger partial charge in [0, 0.05) is 6.08 Å². The number of quaternary nitrogens is 1. The Morgan fingerprint density at radius 1 is 1.12 bits per heavy atom. The van der Waals surface area contributed by atoms with E-state index in [0.29, 0.717) is 0 Å². The second kappa shape index (κ2) is 6.70. The predicted molar refractivity (Wildman–Crippen MR) is 99.1 cm³/mol. The fraction of sp³-hybridized carbons (Fsp3) is 0.0455. The van der Waals surface area contributed by atoms with Crippen LogP contribution in [-0.4, -0.2) is 18.0 Å². The van der Waals surface area contributed by atoms with E-state index in [0.717, 1.165) is 0 Å². The topological polar surface area (TPSA) is 13.4 Å². The van der Waals surface area contributed by atoms with Crippen LogP contribution >= 0.6 is 0 Å². The van der Waals surface area contributed by atoms with E-state index in [1.807, 2.05) is 0 Å². The van der Waals surface area contributed by atoms with Crippen molar-refractivity contribution in [3.8, 4) is 0 Å². The first-order valence-corrected chi connectivity index (χ1v) is 8.55. The smallest absolute Gasteiger partial charge is 0.280 e. The summed E-state index contributed by atoms with van der Waals surface area (Å²) in [5, 5.41) is 3.71. The van der Waals surface area contributed by atoms with Crippen molar-refractivity contribution in [3.05, 3.63) is 95.4 Å². The summed E-state index contributed by atoms with van der Waals surface area (Å²) in [6, 6.07) is 20.4. The van der Waals surface area contributed by atoms with Crippen LogP contribution in [0, 0.1) is 11.4 Å². The maximum Gasteiger partial charge on any atom is 0.280 e. The van der Waals surface area contributed by atoms with E-state index >= 15 is 0 Å². The quantitative estimate of drug-likeness (QED) is 0.250. The maximum absolute atomic E-state index is 2.35. The third kappa shape index (κ3) is 2.66. The Morgan fingerprint density at radius 3 is 2.77 bits per heavy atom. The summed E-state index contributed by atoms with van der Waals surface area (Å²) in [5.74, 6) is 0. The minimum atomic E-state index is 0. The van der Waals surface area contributed by atoms with Gasteiger partial charge in [-0.05, 0) is 11.5 Å². The largest absolute Gasteiger partial charge is 1.00 e. The number of benzene rings is 2. The van der Waals surface area contributed by atoms with Gasteiger partial charge in [-0.2, -0.15) is 18.2 Å². The third-order valence-electron chi connectivity index (χ3n) is 4.81. The van der Waals surface area contributed by atoms with Crippen LogP contribution in [0.3, 0.4) is 0 Å². The first-order valence-electron chi connectivity index (χ1n) is 8.55. The van der Waals surface area contributed by atoms with Gasteiger partial charge < -0.3 is 24.0 Å². The van der Waals surface area contributed by atoms with E-state index in [9.17, 15) is 0 Å². The van der Waals surface area contributed by atoms with E-state index in [1.165, 1.54) is 38.1 Å². The molecule has 0 saturated carbocycles. The number of rotatable bonds is 1. The van der Waals surface area contributed by atoms with Crippen LogP contribution in [0.1, 0.15) is 5.56 Å². The fourth-order valence-corrected chi connectivity index (χ4v) is 3.64. The van der Waals surface area contributed by atoms with Gasteiger partial charge in [-0.3, -0.25) is 9.14 Å². The van der Waals surface area contributed by atoms with Gasteiger partial charge >= 0.3 is 0 Å². The highest BCUT2D eigenvalue weighted by Gasteiger charge is 2.20. The van der Waals surface area contributed by atoms with E-state index < -0.39 is 0 Å². The molecule has 130 valence electrons. The van der Waals surface area contributed by atoms with Gasteiger partial charge in [-0.15, -0.1) is 36.4 Å². The Hall–Kier alpha value is -2.44. The lowest BCUT2D eigenvalue weighted by atomic mass is 10.1. The number of halogens is 1. The number of nitrogens with zero attached hydrogens (tertiary/aromatic N) is 2. The molecule has 4 heteroatoms. The molecule has 2 aliphatic rings. The van der Waals surface area contributed by atoms with Crippen LogP contribution in [0.2, 0.25) is 0 Å². The summed E-state index contributed by atoms with van der Waals surface area (Å²) < 4.78 is 4.53. The van der Waals surface area contributed by atoms with Gasteiger partial charge in [0.25, 0.3) is 6.34 Å². The summed E-state index contributed by atoms with van der Waals surface area (Å²) in [6.07, 6.45) is 13.1. The minimum absolute atomic E-state index is 0. The normalized spacial score (nSPS) is 17.7. The van der Waals surface area contributed by atoms with E-state index in [-0.39, 0.29) is 24.0 Å². The summed E-state index contributed by atoms with van der Waals surface area (Å²) in [4.78, 5) is 1.27. The Bertz CT molecular complexity index is 1210. The molecule has 1 N–H and O–H groups in total. The molecule has 3 nitrogen and oxygen atoms in total. The number of aromatic nitrogens is 1. The number of hydrogen-bond acceptors (Lipinski definition) is 0. The molecule has 0 radical (unpaired) electrons. The summed E-state index contributed by atoms with van der Waals surface area (Å²) >= 11 is 0. The molecule has 1 atom stereocenters. The lowest BCUT2D eigenvalue weighted by Crippen LogP contribution is -3.02. The Labute approximate surface area is 169 Å². The van der Waals surface area contributed by atoms with Gasteiger partial charge in [-0.1, -0.05) is 11.6 Å². The predicted octanol–water partition coefficient (Wildman–Crippen LogP) is -1.97. The standard InChI is InChI=1S/C22H18N3.HI/c1-23-13-14-24(16-23)18-11-12-20-19-9-5-6-10-21(19)25(22(20)15-18)17-7-3-2-4-8-17;/h2-16H,1H3;1H/q-1;. The fourth-order valence-electron chi connectivity index (χ4n) is 3.64. The molecule has 0 fully saturated rings. The molecule has 0 saturated heterocycles. The van der Waals surface area contributed by atoms with Crippen molar-refractivity contribution in [1.82, 2.24) is 0 Å². The molecule has 1 aliphatic heterocycles. The van der Waals surface area contributed by atoms with Gasteiger partial charge in [0.15, 0.2) is 6.20 Å². The zero-order chi connectivity index (χ0) is 16.8. The first-order chi connectivity index (χ1) is 12.3. The van der Waals surface area contributed by atoms with Crippen LogP contribution in [0.4, 0.5) is 0 Å². The van der Waals surface area contributed by atoms with Crippen LogP contribution in [0.5, 0.6) is 0 Å². The lowest BCUT2D eigenvalue weighted by molar-refractivity contribution is -0.723. The number of nitrogens with one attached hydrogen (secondary N) is 1. The van der Waals surface area contributed by atoms with Gasteiger partial charge in [0.05, 0.1) is 12.4 Å². The molecule has 1 aromatic heterocycles. The van der Waals surface area contributed by atoms with Gasteiger partial charge in [0.2, 0.25) is 0 Å². The highest BCUT2D eigenvalue weighted by atomic mass is 127. The average molecular weight is 452 g/mol. The third-order valence-corrected chi connectivity index (χ3v) is 4.81. The highest BCUT2D eigenvalue weighted by Crippen LogP contribution is 2.20. The van der Waals surface area contributed by atoms with Crippen molar-refractivity contribution in [2.75, 3.05) is 7.05 Å². The molecule has 26 heavy (non-hydrogen) atoms. The zero-order valence-corrected chi connectivity index (χ0v) is 16.6. The molecule has 0 amide bonds. The number of hydrogen-bond donors (Lipinski definition) is 1. The monoisotopic (exact) mass is 452 g/mol. The molecule has 1 unspecified atom stereocenters. The molecule has 0 spiro atoms. The number of fused-ring (bicyclic) bond motifs is 3. The van der Waals surface area contributed by atoms with Crippen molar-refractivity contribution < 1.29 is 37.7 Å². The van der Waals surface area contributed by atoms with Gasteiger partial charge in [-0.25, -0.2) is 4.58 Å². The van der Waals surface area contributed by atoms with Crippen molar-refractivity contribution >= 4 is 29.4 Å². The second-order valence-electron chi connectivity index (χ2n) is 6.49. The summed E-state index contributed by atoms with van der Waals surface area (Å²) in [6.45, 7) is 0. The molecule has 1 aliphatic carbocycles. The van der Waals surface area contributed by atoms with Crippen LogP contribution in [-0.2, 0) is 0 Å². The average Bonchev–Trinajstić information content (AvgIpc) is 3.23. The van der Waals surface area contributed by atoms with E-state index in [2.05, 4.69) is 107 Å². The maximum atomic E-state index is 2.35. The molecule has 2 heterocycles. The molecular formula is C22H19IN3-. The highest BCUT2D eigenvalue weighted by molar-refractivity contribution is 5.88. The van der Waals surface area contributed by atoms with Crippen molar-refractivity contribution in [2.24, 2.45) is 0 Å². The van der Waals surface area contributed by atoms with Crippen LogP contribution < -0.4 is 38.5 Å². The Morgan fingerprint density at radius 2 is 2.00 bits per heavy atom. The van der Waals surface area contributed by atoms with Crippen molar-refractivity contribution in [3.63, 3.8) is 0 Å². The second-order valence-corrected chi connectivity index (χ2v) is 6.49. The Kier molecular flexibility index (Phi) is 4.38.